The molecule has 1 amide bonds. The molecule has 0 aliphatic rings. The van der Waals surface area contributed by atoms with Crippen LogP contribution in [0.2, 0.25) is 0 Å². The fourth-order valence-corrected chi connectivity index (χ4v) is 3.65. The normalized spacial score (nSPS) is 12.1. The number of aryl methyl sites for hydroxylation is 1. The third kappa shape index (κ3) is 3.93. The zero-order chi connectivity index (χ0) is 18.9. The highest BCUT2D eigenvalue weighted by atomic mass is 32.1. The first-order valence-corrected chi connectivity index (χ1v) is 9.67. The monoisotopic (exact) mass is 371 g/mol. The minimum atomic E-state index is -0.0231. The Morgan fingerprint density at radius 3 is 2.65 bits per heavy atom. The number of hydrogen-bond acceptors (Lipinski definition) is 5. The summed E-state index contributed by atoms with van der Waals surface area (Å²) in [6.07, 6.45) is 0.981. The molecule has 0 radical (unpaired) electrons. The van der Waals surface area contributed by atoms with Crippen molar-refractivity contribution in [2.75, 3.05) is 5.32 Å². The van der Waals surface area contributed by atoms with Crippen LogP contribution < -0.4 is 5.32 Å². The van der Waals surface area contributed by atoms with Crippen molar-refractivity contribution in [2.45, 2.75) is 58.8 Å². The van der Waals surface area contributed by atoms with Crippen LogP contribution in [0.3, 0.4) is 0 Å². The molecule has 2 heterocycles. The molecule has 0 unspecified atom stereocenters. The topological polar surface area (TPSA) is 72.2 Å². The Morgan fingerprint density at radius 2 is 1.96 bits per heavy atom. The third-order valence-electron chi connectivity index (χ3n) is 4.15. The molecular weight excluding hydrogens is 346 g/mol. The second-order valence-corrected chi connectivity index (χ2v) is 8.79. The Morgan fingerprint density at radius 1 is 1.23 bits per heavy atom. The zero-order valence-electron chi connectivity index (χ0n) is 15.9. The number of aromatic nitrogens is 4. The molecule has 0 fully saturated rings. The number of anilines is 1. The molecule has 1 N–H and O–H groups in total. The Hall–Kier alpha value is -2.28. The number of amides is 1. The summed E-state index contributed by atoms with van der Waals surface area (Å²) in [6.45, 7) is 10.6. The number of benzene rings is 1. The maximum Gasteiger partial charge on any atom is 0.234 e. The van der Waals surface area contributed by atoms with Gasteiger partial charge in [-0.2, -0.15) is 9.61 Å². The van der Waals surface area contributed by atoms with Crippen molar-refractivity contribution in [2.24, 2.45) is 0 Å². The number of hydrogen-bond donors (Lipinski definition) is 1. The van der Waals surface area contributed by atoms with Crippen molar-refractivity contribution in [1.29, 1.82) is 0 Å². The lowest BCUT2D eigenvalue weighted by Crippen LogP contribution is -2.18. The largest absolute Gasteiger partial charge is 0.326 e. The molecule has 6 nitrogen and oxygen atoms in total. The molecule has 1 aromatic carbocycles. The smallest absolute Gasteiger partial charge is 0.234 e. The first-order chi connectivity index (χ1) is 12.3. The molecule has 138 valence electrons. The highest BCUT2D eigenvalue weighted by Gasteiger charge is 2.19. The zero-order valence-corrected chi connectivity index (χ0v) is 16.7. The molecule has 2 aromatic heterocycles. The van der Waals surface area contributed by atoms with Gasteiger partial charge in [0.15, 0.2) is 5.82 Å². The van der Waals surface area contributed by atoms with Gasteiger partial charge in [-0.1, -0.05) is 64.2 Å². The van der Waals surface area contributed by atoms with Crippen molar-refractivity contribution in [1.82, 2.24) is 19.8 Å². The summed E-state index contributed by atoms with van der Waals surface area (Å²) in [7, 11) is 0. The van der Waals surface area contributed by atoms with E-state index in [9.17, 15) is 4.79 Å². The number of rotatable bonds is 5. The lowest BCUT2D eigenvalue weighted by Gasteiger charge is -2.23. The van der Waals surface area contributed by atoms with E-state index in [-0.39, 0.29) is 17.2 Å². The number of nitrogens with zero attached hydrogens (tertiary/aromatic N) is 4. The number of carbonyl (C=O) groups is 1. The SMILES string of the molecule is CC(C)c1nnc2sc(CCC(=O)Nc3ccccc3C(C)(C)C)nn12. The first-order valence-electron chi connectivity index (χ1n) is 8.86. The Labute approximate surface area is 157 Å². The van der Waals surface area contributed by atoms with E-state index in [0.717, 1.165) is 27.0 Å². The Balaban J connectivity index is 1.67. The summed E-state index contributed by atoms with van der Waals surface area (Å²) in [4.78, 5) is 13.2. The molecule has 0 aliphatic carbocycles. The van der Waals surface area contributed by atoms with Crippen molar-refractivity contribution >= 4 is 27.9 Å². The summed E-state index contributed by atoms with van der Waals surface area (Å²) in [6, 6.07) is 7.96. The standard InChI is InChI=1S/C19H25N5OS/c1-12(2)17-21-22-18-24(17)23-16(26-18)11-10-15(25)20-14-9-7-6-8-13(14)19(3,4)5/h6-9,12H,10-11H2,1-5H3,(H,20,25). The predicted molar refractivity (Wildman–Crippen MR) is 105 cm³/mol. The summed E-state index contributed by atoms with van der Waals surface area (Å²) in [5.41, 5.74) is 1.99. The molecule has 0 spiro atoms. The number of nitrogens with one attached hydrogen (secondary N) is 1. The van der Waals surface area contributed by atoms with Crippen LogP contribution in [-0.2, 0) is 16.6 Å². The molecular formula is C19H25N5OS. The van der Waals surface area contributed by atoms with Crippen LogP contribution in [0.4, 0.5) is 5.69 Å². The predicted octanol–water partition coefficient (Wildman–Crippen LogP) is 4.18. The van der Waals surface area contributed by atoms with Crippen LogP contribution in [0, 0.1) is 0 Å². The Bertz CT molecular complexity index is 920. The maximum atomic E-state index is 12.4. The molecule has 0 aliphatic heterocycles. The van der Waals surface area contributed by atoms with Gasteiger partial charge in [-0.3, -0.25) is 4.79 Å². The van der Waals surface area contributed by atoms with Gasteiger partial charge in [0.2, 0.25) is 10.9 Å². The van der Waals surface area contributed by atoms with Crippen LogP contribution in [0.15, 0.2) is 24.3 Å². The molecule has 0 atom stereocenters. The second kappa shape index (κ2) is 7.15. The van der Waals surface area contributed by atoms with Gasteiger partial charge in [-0.15, -0.1) is 10.2 Å². The van der Waals surface area contributed by atoms with E-state index in [1.807, 2.05) is 18.2 Å². The highest BCUT2D eigenvalue weighted by molar-refractivity contribution is 7.16. The van der Waals surface area contributed by atoms with Gasteiger partial charge in [0, 0.05) is 24.4 Å². The van der Waals surface area contributed by atoms with Crippen molar-refractivity contribution in [3.8, 4) is 0 Å². The van der Waals surface area contributed by atoms with E-state index < -0.39 is 0 Å². The van der Waals surface area contributed by atoms with Gasteiger partial charge in [0.25, 0.3) is 0 Å². The molecule has 0 saturated carbocycles. The lowest BCUT2D eigenvalue weighted by molar-refractivity contribution is -0.116. The fourth-order valence-electron chi connectivity index (χ4n) is 2.81. The quantitative estimate of drug-likeness (QED) is 0.730. The van der Waals surface area contributed by atoms with Crippen LogP contribution in [0.5, 0.6) is 0 Å². The maximum absolute atomic E-state index is 12.4. The van der Waals surface area contributed by atoms with Gasteiger partial charge in [0.05, 0.1) is 0 Å². The molecule has 0 bridgehead atoms. The minimum Gasteiger partial charge on any atom is -0.326 e. The van der Waals surface area contributed by atoms with Gasteiger partial charge < -0.3 is 5.32 Å². The summed E-state index contributed by atoms with van der Waals surface area (Å²) >= 11 is 1.49. The van der Waals surface area contributed by atoms with Gasteiger partial charge in [-0.25, -0.2) is 0 Å². The van der Waals surface area contributed by atoms with Crippen molar-refractivity contribution in [3.63, 3.8) is 0 Å². The van der Waals surface area contributed by atoms with Crippen molar-refractivity contribution in [3.05, 3.63) is 40.7 Å². The fraction of sp³-hybridized carbons (Fsp3) is 0.474. The summed E-state index contributed by atoms with van der Waals surface area (Å²) < 4.78 is 1.79. The van der Waals surface area contributed by atoms with Gasteiger partial charge >= 0.3 is 0 Å². The average molecular weight is 372 g/mol. The van der Waals surface area contributed by atoms with E-state index in [4.69, 9.17) is 0 Å². The minimum absolute atomic E-state index is 0.00301. The van der Waals surface area contributed by atoms with Gasteiger partial charge in [0.1, 0.15) is 5.01 Å². The van der Waals surface area contributed by atoms with Crippen LogP contribution in [0.25, 0.3) is 4.96 Å². The highest BCUT2D eigenvalue weighted by Crippen LogP contribution is 2.29. The molecule has 3 aromatic rings. The van der Waals surface area contributed by atoms with Gasteiger partial charge in [-0.05, 0) is 17.0 Å². The van der Waals surface area contributed by atoms with E-state index in [1.165, 1.54) is 11.3 Å². The number of para-hydroxylation sites is 1. The first kappa shape index (κ1) is 18.5. The summed E-state index contributed by atoms with van der Waals surface area (Å²) in [5.74, 6) is 1.11. The van der Waals surface area contributed by atoms with E-state index >= 15 is 0 Å². The van der Waals surface area contributed by atoms with E-state index in [2.05, 4.69) is 61.3 Å². The van der Waals surface area contributed by atoms with Crippen LogP contribution in [0.1, 0.15) is 63.4 Å². The number of carbonyl (C=O) groups excluding carboxylic acids is 1. The number of fused-ring (bicyclic) bond motifs is 1. The average Bonchev–Trinajstić information content (AvgIpc) is 3.12. The van der Waals surface area contributed by atoms with Crippen LogP contribution in [-0.4, -0.2) is 25.7 Å². The van der Waals surface area contributed by atoms with Crippen molar-refractivity contribution < 1.29 is 4.79 Å². The van der Waals surface area contributed by atoms with E-state index in [1.54, 1.807) is 4.52 Å². The van der Waals surface area contributed by atoms with Crippen LogP contribution >= 0.6 is 11.3 Å². The lowest BCUT2D eigenvalue weighted by atomic mass is 9.86. The summed E-state index contributed by atoms with van der Waals surface area (Å²) in [5, 5.41) is 16.8. The second-order valence-electron chi connectivity index (χ2n) is 7.75. The Kier molecular flexibility index (Phi) is 5.09. The molecule has 0 saturated heterocycles. The molecule has 7 heteroatoms. The molecule has 26 heavy (non-hydrogen) atoms. The van der Waals surface area contributed by atoms with E-state index in [0.29, 0.717) is 12.8 Å². The third-order valence-corrected chi connectivity index (χ3v) is 5.11. The molecule has 3 rings (SSSR count).